The molecule has 192 valence electrons. The zero-order valence-electron chi connectivity index (χ0n) is 19.5. The topological polar surface area (TPSA) is 90.6 Å². The number of alkyl halides is 3. The molecule has 13 heteroatoms. The largest absolute Gasteiger partial charge is 0.493 e. The van der Waals surface area contributed by atoms with Crippen molar-refractivity contribution in [1.29, 1.82) is 5.26 Å². The van der Waals surface area contributed by atoms with Crippen LogP contribution >= 0.6 is 22.6 Å². The number of aliphatic imine (C=N–C) groups is 1. The lowest BCUT2D eigenvalue weighted by molar-refractivity contribution is -0.153. The number of ether oxygens (including phenoxy) is 3. The van der Waals surface area contributed by atoms with Gasteiger partial charge in [0.25, 0.3) is 0 Å². The van der Waals surface area contributed by atoms with Crippen LogP contribution in [0.1, 0.15) is 18.9 Å². The maximum absolute atomic E-state index is 12.8. The summed E-state index contributed by atoms with van der Waals surface area (Å²) >= 11 is 1.77. The Balaban J connectivity index is 1.77. The molecule has 3 rings (SSSR count). The second kappa shape index (κ2) is 12.0. The first kappa shape index (κ1) is 27.1. The number of rotatable bonds is 4. The molecule has 1 aromatic carbocycles. The molecule has 1 aromatic rings. The Morgan fingerprint density at radius 3 is 2.43 bits per heavy atom. The summed E-state index contributed by atoms with van der Waals surface area (Å²) in [6.07, 6.45) is -3.78. The number of nitrogens with zero attached hydrogens (tertiary/aromatic N) is 5. The first-order chi connectivity index (χ1) is 16.6. The van der Waals surface area contributed by atoms with E-state index in [-0.39, 0.29) is 32.4 Å². The molecule has 0 spiro atoms. The Labute approximate surface area is 215 Å². The molecule has 0 saturated carbocycles. The predicted octanol–water partition coefficient (Wildman–Crippen LogP) is 3.62. The number of morpholine rings is 1. The van der Waals surface area contributed by atoms with Crippen LogP contribution in [0.3, 0.4) is 0 Å². The number of urea groups is 1. The van der Waals surface area contributed by atoms with Crippen molar-refractivity contribution in [3.8, 4) is 17.6 Å². The van der Waals surface area contributed by atoms with Gasteiger partial charge in [-0.3, -0.25) is 0 Å². The number of carbonyl (C=O) groups excluding carboxylic acids is 1. The maximum Gasteiger partial charge on any atom is 0.422 e. The van der Waals surface area contributed by atoms with Gasteiger partial charge in [0.2, 0.25) is 0 Å². The van der Waals surface area contributed by atoms with E-state index in [1.807, 2.05) is 15.9 Å². The first-order valence-corrected chi connectivity index (χ1v) is 12.1. The molecule has 0 bridgehead atoms. The zero-order valence-corrected chi connectivity index (χ0v) is 21.7. The molecule has 2 amide bonds. The van der Waals surface area contributed by atoms with Gasteiger partial charge in [-0.1, -0.05) is 0 Å². The number of carbonyl (C=O) groups is 1. The Bertz CT molecular complexity index is 993. The van der Waals surface area contributed by atoms with Crippen molar-refractivity contribution in [3.05, 3.63) is 15.2 Å². The fourth-order valence-corrected chi connectivity index (χ4v) is 4.68. The SMILES string of the molecule is COc1cc(N=C(C)N2CCCN(C(=O)N3CCOCC3)CC2)c(C#N)c(I)c1OCC(F)(F)F. The third kappa shape index (κ3) is 7.03. The summed E-state index contributed by atoms with van der Waals surface area (Å²) in [4.78, 5) is 23.1. The highest BCUT2D eigenvalue weighted by molar-refractivity contribution is 14.1. The van der Waals surface area contributed by atoms with Crippen molar-refractivity contribution in [2.45, 2.75) is 19.5 Å². The Kier molecular flexibility index (Phi) is 9.28. The lowest BCUT2D eigenvalue weighted by Crippen LogP contribution is -2.49. The number of nitriles is 1. The van der Waals surface area contributed by atoms with Crippen LogP contribution in [0.5, 0.6) is 11.5 Å². The number of methoxy groups -OCH3 is 1. The zero-order chi connectivity index (χ0) is 25.6. The molecule has 2 aliphatic heterocycles. The van der Waals surface area contributed by atoms with E-state index in [4.69, 9.17) is 14.2 Å². The molecule has 9 nitrogen and oxygen atoms in total. The highest BCUT2D eigenvalue weighted by Gasteiger charge is 2.31. The summed E-state index contributed by atoms with van der Waals surface area (Å²) in [7, 11) is 1.31. The molecular weight excluding hydrogens is 582 g/mol. The van der Waals surface area contributed by atoms with Crippen LogP contribution in [-0.2, 0) is 4.74 Å². The van der Waals surface area contributed by atoms with Crippen LogP contribution in [0.15, 0.2) is 11.1 Å². The third-order valence-electron chi connectivity index (χ3n) is 5.67. The van der Waals surface area contributed by atoms with E-state index in [1.54, 1.807) is 34.4 Å². The fraction of sp³-hybridized carbons (Fsp3) is 0.591. The monoisotopic (exact) mass is 609 g/mol. The molecule has 2 fully saturated rings. The molecule has 0 atom stereocenters. The van der Waals surface area contributed by atoms with Gasteiger partial charge in [-0.2, -0.15) is 18.4 Å². The van der Waals surface area contributed by atoms with Gasteiger partial charge in [-0.25, -0.2) is 9.79 Å². The highest BCUT2D eigenvalue weighted by atomic mass is 127. The van der Waals surface area contributed by atoms with Crippen LogP contribution in [0, 0.1) is 14.9 Å². The van der Waals surface area contributed by atoms with E-state index >= 15 is 0 Å². The molecule has 2 aliphatic rings. The molecule has 0 radical (unpaired) electrons. The number of amidine groups is 1. The summed E-state index contributed by atoms with van der Waals surface area (Å²) in [5.74, 6) is 0.539. The fourth-order valence-electron chi connectivity index (χ4n) is 3.86. The van der Waals surface area contributed by atoms with Crippen LogP contribution in [0.4, 0.5) is 23.7 Å². The molecule has 0 unspecified atom stereocenters. The highest BCUT2D eigenvalue weighted by Crippen LogP contribution is 2.41. The minimum atomic E-state index is -4.53. The Hall–Kier alpha value is -2.47. The lowest BCUT2D eigenvalue weighted by atomic mass is 10.1. The first-order valence-electron chi connectivity index (χ1n) is 11.1. The molecule has 0 N–H and O–H groups in total. The van der Waals surface area contributed by atoms with Gasteiger partial charge in [-0.15, -0.1) is 0 Å². The molecule has 2 saturated heterocycles. The van der Waals surface area contributed by atoms with Crippen molar-refractivity contribution in [3.63, 3.8) is 0 Å². The number of hydrogen-bond donors (Lipinski definition) is 0. The molecular formula is C22H27F3IN5O4. The van der Waals surface area contributed by atoms with Gasteiger partial charge in [0, 0.05) is 45.3 Å². The van der Waals surface area contributed by atoms with Gasteiger partial charge < -0.3 is 28.9 Å². The summed E-state index contributed by atoms with van der Waals surface area (Å²) < 4.78 is 53.7. The van der Waals surface area contributed by atoms with Crippen molar-refractivity contribution in [1.82, 2.24) is 14.7 Å². The lowest BCUT2D eigenvalue weighted by Gasteiger charge is -2.32. The van der Waals surface area contributed by atoms with E-state index in [2.05, 4.69) is 4.99 Å². The van der Waals surface area contributed by atoms with E-state index in [9.17, 15) is 23.2 Å². The average molecular weight is 609 g/mol. The smallest absolute Gasteiger partial charge is 0.422 e. The van der Waals surface area contributed by atoms with Crippen LogP contribution in [-0.4, -0.2) is 98.9 Å². The second-order valence-electron chi connectivity index (χ2n) is 8.00. The van der Waals surface area contributed by atoms with Gasteiger partial charge in [-0.05, 0) is 35.9 Å². The second-order valence-corrected chi connectivity index (χ2v) is 9.08. The van der Waals surface area contributed by atoms with Gasteiger partial charge >= 0.3 is 12.2 Å². The van der Waals surface area contributed by atoms with Crippen molar-refractivity contribution in [2.24, 2.45) is 4.99 Å². The normalized spacial score (nSPS) is 17.6. The summed E-state index contributed by atoms with van der Waals surface area (Å²) in [5, 5.41) is 9.69. The molecule has 0 aromatic heterocycles. The minimum Gasteiger partial charge on any atom is -0.493 e. The number of halogens is 4. The van der Waals surface area contributed by atoms with Crippen LogP contribution < -0.4 is 9.47 Å². The van der Waals surface area contributed by atoms with Crippen molar-refractivity contribution >= 4 is 40.1 Å². The number of benzene rings is 1. The summed E-state index contributed by atoms with van der Waals surface area (Å²) in [5.41, 5.74) is 0.373. The van der Waals surface area contributed by atoms with Crippen LogP contribution in [0.25, 0.3) is 0 Å². The van der Waals surface area contributed by atoms with Gasteiger partial charge in [0.1, 0.15) is 11.9 Å². The van der Waals surface area contributed by atoms with Crippen molar-refractivity contribution < 1.29 is 32.2 Å². The average Bonchev–Trinajstić information content (AvgIpc) is 3.09. The third-order valence-corrected chi connectivity index (χ3v) is 6.70. The Morgan fingerprint density at radius 2 is 1.80 bits per heavy atom. The van der Waals surface area contributed by atoms with Gasteiger partial charge in [0.15, 0.2) is 18.1 Å². The van der Waals surface area contributed by atoms with Gasteiger partial charge in [0.05, 0.1) is 35.1 Å². The van der Waals surface area contributed by atoms with Crippen LogP contribution in [0.2, 0.25) is 0 Å². The van der Waals surface area contributed by atoms with Crippen molar-refractivity contribution in [2.75, 3.05) is 66.2 Å². The van der Waals surface area contributed by atoms with E-state index in [1.165, 1.54) is 13.2 Å². The molecule has 2 heterocycles. The van der Waals surface area contributed by atoms with E-state index in [0.717, 1.165) is 6.42 Å². The number of hydrogen-bond acceptors (Lipinski definition) is 6. The number of amides is 2. The standard InChI is InChI=1S/C22H27F3IN5O4/c1-15(29-4-3-5-30(7-6-29)21(32)31-8-10-34-11-9-31)28-17-12-18(33-2)20(19(26)16(17)13-27)35-14-22(23,24)25/h12H,3-11,14H2,1-2H3. The predicted molar refractivity (Wildman–Crippen MR) is 130 cm³/mol. The quantitative estimate of drug-likeness (QED) is 0.295. The van der Waals surface area contributed by atoms with E-state index < -0.39 is 12.8 Å². The minimum absolute atomic E-state index is 0.00486. The Morgan fingerprint density at radius 1 is 1.17 bits per heavy atom. The maximum atomic E-state index is 12.8. The summed E-state index contributed by atoms with van der Waals surface area (Å²) in [6.45, 7) is 4.94. The molecule has 35 heavy (non-hydrogen) atoms. The van der Waals surface area contributed by atoms with E-state index in [0.29, 0.717) is 58.3 Å². The molecule has 0 aliphatic carbocycles. The summed E-state index contributed by atoms with van der Waals surface area (Å²) in [6, 6.07) is 3.42.